The maximum absolute atomic E-state index is 13.7. The smallest absolute Gasteiger partial charge is 0.326 e. The predicted octanol–water partition coefficient (Wildman–Crippen LogP) is -0.501. The van der Waals surface area contributed by atoms with Crippen molar-refractivity contribution in [3.8, 4) is 0 Å². The monoisotopic (exact) mass is 723 g/mol. The summed E-state index contributed by atoms with van der Waals surface area (Å²) in [7, 11) is 0. The fourth-order valence-electron chi connectivity index (χ4n) is 5.53. The molecule has 0 unspecified atom stereocenters. The summed E-state index contributed by atoms with van der Waals surface area (Å²) in [6, 6.07) is -6.31. The van der Waals surface area contributed by atoms with Crippen LogP contribution in [0.3, 0.4) is 0 Å². The summed E-state index contributed by atoms with van der Waals surface area (Å²) in [6.45, 7) is 14.6. The van der Waals surface area contributed by atoms with Gasteiger partial charge in [0.15, 0.2) is 5.78 Å². The van der Waals surface area contributed by atoms with E-state index >= 15 is 0 Å². The zero-order valence-corrected chi connectivity index (χ0v) is 31.2. The highest BCUT2D eigenvalue weighted by atomic mass is 16.4. The molecule has 0 radical (unpaired) electrons. The van der Waals surface area contributed by atoms with E-state index in [4.69, 9.17) is 5.73 Å². The second-order valence-corrected chi connectivity index (χ2v) is 14.7. The van der Waals surface area contributed by atoms with Crippen LogP contribution in [0, 0.1) is 17.8 Å². The Morgan fingerprint density at radius 2 is 1.35 bits per heavy atom. The van der Waals surface area contributed by atoms with Gasteiger partial charge in [0.2, 0.25) is 41.4 Å². The number of carbonyl (C=O) groups is 9. The molecule has 8 N–H and O–H groups in total. The molecule has 1 heterocycles. The number of hydrogen-bond acceptors (Lipinski definition) is 9. The van der Waals surface area contributed by atoms with E-state index < -0.39 is 89.0 Å². The first-order chi connectivity index (χ1) is 23.5. The number of carboxylic acids is 1. The van der Waals surface area contributed by atoms with Gasteiger partial charge in [0.1, 0.15) is 35.7 Å². The quantitative estimate of drug-likeness (QED) is 0.0847. The molecule has 0 bridgehead atoms. The summed E-state index contributed by atoms with van der Waals surface area (Å²) >= 11 is 0. The number of primary amides is 1. The standard InChI is InChI=1S/C34H57N7O10/c1-10-26(44)40-34(8,9)33(51)41-16-20(42)15-24(41)30(47)37-22(13-17(2)3)29(46)39-27(19(6)7)31(48)36-21(11-12-25(35)43)28(45)38-23(32(49)50)14-18(4)5/h17-19,21-24,27H,10-16H2,1-9H3,(H2,35,43)(H,36,48)(H,37,47)(H,38,45)(H,39,46)(H,40,44)(H,49,50)/t21-,22-,23-,24-,27-/m0/s1. The van der Waals surface area contributed by atoms with Crippen molar-refractivity contribution in [2.75, 3.05) is 6.54 Å². The van der Waals surface area contributed by atoms with E-state index in [2.05, 4.69) is 26.6 Å². The second kappa shape index (κ2) is 19.7. The molecule has 1 aliphatic heterocycles. The van der Waals surface area contributed by atoms with E-state index in [1.165, 1.54) is 13.8 Å². The molecule has 17 nitrogen and oxygen atoms in total. The number of Topliss-reactive ketones (excluding diaryl/α,β-unsaturated/α-hetero) is 1. The first-order valence-corrected chi connectivity index (χ1v) is 17.4. The molecule has 51 heavy (non-hydrogen) atoms. The number of nitrogens with two attached hydrogens (primary N) is 1. The summed E-state index contributed by atoms with van der Waals surface area (Å²) in [5.74, 6) is -7.37. The largest absolute Gasteiger partial charge is 0.480 e. The molecule has 288 valence electrons. The Bertz CT molecular complexity index is 1330. The summed E-state index contributed by atoms with van der Waals surface area (Å²) in [5.41, 5.74) is 3.85. The number of aliphatic carboxylic acids is 1. The number of nitrogens with one attached hydrogen (secondary N) is 5. The van der Waals surface area contributed by atoms with Crippen molar-refractivity contribution in [2.24, 2.45) is 23.5 Å². The predicted molar refractivity (Wildman–Crippen MR) is 185 cm³/mol. The SMILES string of the molecule is CCC(=O)NC(C)(C)C(=O)N1CC(=O)C[C@H]1C(=O)N[C@@H](CC(C)C)C(=O)N[C@H](C(=O)N[C@@H](CCC(N)=O)C(=O)N[C@@H](CC(C)C)C(=O)O)C(C)C. The third kappa shape index (κ3) is 14.3. The zero-order valence-electron chi connectivity index (χ0n) is 31.2. The number of carboxylic acid groups (broad SMARTS) is 1. The Morgan fingerprint density at radius 1 is 0.824 bits per heavy atom. The number of nitrogens with zero attached hydrogens (tertiary/aromatic N) is 1. The van der Waals surface area contributed by atoms with Crippen molar-refractivity contribution in [1.82, 2.24) is 31.5 Å². The van der Waals surface area contributed by atoms with Crippen molar-refractivity contribution in [1.29, 1.82) is 0 Å². The van der Waals surface area contributed by atoms with E-state index in [0.717, 1.165) is 4.90 Å². The molecule has 0 aromatic heterocycles. The maximum atomic E-state index is 13.7. The molecule has 0 saturated carbocycles. The molecule has 0 aromatic carbocycles. The second-order valence-electron chi connectivity index (χ2n) is 14.7. The molecule has 5 atom stereocenters. The van der Waals surface area contributed by atoms with Crippen LogP contribution in [0.2, 0.25) is 0 Å². The van der Waals surface area contributed by atoms with Crippen LogP contribution in [0.1, 0.15) is 101 Å². The van der Waals surface area contributed by atoms with E-state index in [1.807, 2.05) is 0 Å². The minimum absolute atomic E-state index is 0.0806. The van der Waals surface area contributed by atoms with E-state index in [-0.39, 0.29) is 62.7 Å². The van der Waals surface area contributed by atoms with Crippen molar-refractivity contribution < 1.29 is 48.3 Å². The normalized spacial score (nSPS) is 17.0. The van der Waals surface area contributed by atoms with Gasteiger partial charge in [0, 0.05) is 19.3 Å². The van der Waals surface area contributed by atoms with Crippen LogP contribution in [0.5, 0.6) is 0 Å². The average Bonchev–Trinajstić information content (AvgIpc) is 3.40. The fourth-order valence-corrected chi connectivity index (χ4v) is 5.53. The van der Waals surface area contributed by atoms with Crippen molar-refractivity contribution >= 4 is 53.1 Å². The van der Waals surface area contributed by atoms with Crippen LogP contribution < -0.4 is 32.3 Å². The van der Waals surface area contributed by atoms with Gasteiger partial charge >= 0.3 is 5.97 Å². The molecule has 1 aliphatic rings. The Balaban J connectivity index is 3.24. The topological polar surface area (TPSA) is 263 Å². The Labute approximate surface area is 299 Å². The Morgan fingerprint density at radius 3 is 1.84 bits per heavy atom. The van der Waals surface area contributed by atoms with Gasteiger partial charge in [-0.05, 0) is 50.9 Å². The molecule has 0 aromatic rings. The number of ketones is 1. The molecule has 1 saturated heterocycles. The zero-order chi connectivity index (χ0) is 39.4. The lowest BCUT2D eigenvalue weighted by Gasteiger charge is -2.33. The molecule has 1 rings (SSSR count). The minimum Gasteiger partial charge on any atom is -0.480 e. The highest BCUT2D eigenvalue weighted by Crippen LogP contribution is 2.21. The first kappa shape index (κ1) is 44.5. The van der Waals surface area contributed by atoms with Gasteiger partial charge in [-0.25, -0.2) is 4.79 Å². The maximum Gasteiger partial charge on any atom is 0.326 e. The number of rotatable bonds is 20. The van der Waals surface area contributed by atoms with Crippen molar-refractivity contribution in [2.45, 2.75) is 137 Å². The van der Waals surface area contributed by atoms with Crippen LogP contribution in [-0.4, -0.2) is 105 Å². The summed E-state index contributed by atoms with van der Waals surface area (Å²) in [6.07, 6.45) is -0.485. The van der Waals surface area contributed by atoms with Crippen LogP contribution >= 0.6 is 0 Å². The lowest BCUT2D eigenvalue weighted by atomic mass is 9.98. The molecule has 7 amide bonds. The van der Waals surface area contributed by atoms with Crippen LogP contribution in [0.4, 0.5) is 0 Å². The van der Waals surface area contributed by atoms with Crippen LogP contribution in [-0.2, 0) is 43.2 Å². The van der Waals surface area contributed by atoms with Crippen molar-refractivity contribution in [3.05, 3.63) is 0 Å². The lowest BCUT2D eigenvalue weighted by molar-refractivity contribution is -0.145. The van der Waals surface area contributed by atoms with Crippen LogP contribution in [0.25, 0.3) is 0 Å². The van der Waals surface area contributed by atoms with Gasteiger partial charge in [0.05, 0.1) is 6.54 Å². The third-order valence-electron chi connectivity index (χ3n) is 8.24. The number of hydrogen-bond donors (Lipinski definition) is 7. The molecule has 17 heteroatoms. The number of amides is 7. The van der Waals surface area contributed by atoms with E-state index in [1.54, 1.807) is 48.5 Å². The van der Waals surface area contributed by atoms with Gasteiger partial charge in [0.25, 0.3) is 0 Å². The van der Waals surface area contributed by atoms with Gasteiger partial charge in [-0.1, -0.05) is 48.5 Å². The van der Waals surface area contributed by atoms with Gasteiger partial charge < -0.3 is 42.3 Å². The summed E-state index contributed by atoms with van der Waals surface area (Å²) in [5, 5.41) is 22.3. The number of carbonyl (C=O) groups excluding carboxylic acids is 8. The van der Waals surface area contributed by atoms with Crippen LogP contribution in [0.15, 0.2) is 0 Å². The molecular weight excluding hydrogens is 666 g/mol. The summed E-state index contributed by atoms with van der Waals surface area (Å²) < 4.78 is 0. The minimum atomic E-state index is -1.42. The molecular formula is C34H57N7O10. The van der Waals surface area contributed by atoms with Gasteiger partial charge in [-0.3, -0.25) is 38.4 Å². The van der Waals surface area contributed by atoms with Gasteiger partial charge in [-0.15, -0.1) is 0 Å². The third-order valence-corrected chi connectivity index (χ3v) is 8.24. The lowest BCUT2D eigenvalue weighted by Crippen LogP contribution is -2.61. The van der Waals surface area contributed by atoms with E-state index in [9.17, 15) is 48.3 Å². The first-order valence-electron chi connectivity index (χ1n) is 17.4. The van der Waals surface area contributed by atoms with Crippen molar-refractivity contribution in [3.63, 3.8) is 0 Å². The van der Waals surface area contributed by atoms with Gasteiger partial charge in [-0.2, -0.15) is 0 Å². The number of likely N-dealkylation sites (tertiary alicyclic amines) is 1. The highest BCUT2D eigenvalue weighted by Gasteiger charge is 2.45. The molecule has 0 spiro atoms. The summed E-state index contributed by atoms with van der Waals surface area (Å²) in [4.78, 5) is 116. The Hall–Kier alpha value is -4.57. The molecule has 0 aliphatic carbocycles. The molecule has 1 fully saturated rings. The average molecular weight is 724 g/mol. The van der Waals surface area contributed by atoms with E-state index in [0.29, 0.717) is 0 Å². The Kier molecular flexibility index (Phi) is 17.2. The highest BCUT2D eigenvalue weighted by molar-refractivity contribution is 6.03. The fraction of sp³-hybridized carbons (Fsp3) is 0.735.